The first-order chi connectivity index (χ1) is 19.6. The molecule has 7 rings (SSSR count). The second kappa shape index (κ2) is 14.3. The molecule has 5 heterocycles. The van der Waals surface area contributed by atoms with Crippen LogP contribution in [0.5, 0.6) is 11.6 Å². The molecule has 3 aliphatic heterocycles. The number of pyridine rings is 1. The molecule has 4 aliphatic rings. The number of benzene rings is 1. The van der Waals surface area contributed by atoms with Crippen LogP contribution in [0.3, 0.4) is 0 Å². The maximum atomic E-state index is 10.3. The molecule has 0 radical (unpaired) electrons. The van der Waals surface area contributed by atoms with Crippen molar-refractivity contribution in [3.8, 4) is 22.9 Å². The van der Waals surface area contributed by atoms with E-state index >= 15 is 0 Å². The van der Waals surface area contributed by atoms with Crippen LogP contribution < -0.4 is 25.6 Å². The van der Waals surface area contributed by atoms with Crippen LogP contribution in [0.25, 0.3) is 11.3 Å². The molecule has 0 amide bonds. The minimum Gasteiger partial charge on any atom is -0.507 e. The fourth-order valence-corrected chi connectivity index (χ4v) is 6.71. The zero-order valence-electron chi connectivity index (χ0n) is 23.9. The molecule has 1 aromatic carbocycles. The predicted octanol–water partition coefficient (Wildman–Crippen LogP) is 4.63. The van der Waals surface area contributed by atoms with Crippen molar-refractivity contribution in [3.63, 3.8) is 0 Å². The van der Waals surface area contributed by atoms with E-state index in [0.29, 0.717) is 47.2 Å². The van der Waals surface area contributed by atoms with E-state index in [4.69, 9.17) is 15.2 Å². The lowest BCUT2D eigenvalue weighted by Gasteiger charge is -2.43. The number of para-hydroxylation sites is 1. The summed E-state index contributed by atoms with van der Waals surface area (Å²) in [6.07, 6.45) is 9.02. The monoisotopic (exact) mass is 651 g/mol. The number of piperazine rings is 1. The van der Waals surface area contributed by atoms with E-state index in [9.17, 15) is 5.11 Å². The van der Waals surface area contributed by atoms with Gasteiger partial charge >= 0.3 is 0 Å². The Balaban J connectivity index is 0.00000141. The molecule has 43 heavy (non-hydrogen) atoms. The molecule has 0 spiro atoms. The molecular weight excluding hydrogens is 613 g/mol. The fraction of sp³-hybridized carbons (Fsp3) is 0.500. The van der Waals surface area contributed by atoms with Crippen LogP contribution in [0.1, 0.15) is 38.5 Å². The predicted molar refractivity (Wildman–Crippen MR) is 175 cm³/mol. The smallest absolute Gasteiger partial charge is 0.215 e. The van der Waals surface area contributed by atoms with Gasteiger partial charge in [0.05, 0.1) is 23.6 Å². The van der Waals surface area contributed by atoms with Gasteiger partial charge in [0.1, 0.15) is 11.9 Å². The van der Waals surface area contributed by atoms with Gasteiger partial charge in [-0.05, 0) is 63.0 Å². The zero-order chi connectivity index (χ0) is 27.1. The molecule has 234 valence electrons. The molecule has 2 bridgehead atoms. The lowest BCUT2D eigenvalue weighted by atomic mass is 9.91. The van der Waals surface area contributed by atoms with Crippen molar-refractivity contribution in [2.75, 3.05) is 41.7 Å². The van der Waals surface area contributed by atoms with E-state index in [1.54, 1.807) is 12.1 Å². The molecule has 10 nitrogen and oxygen atoms in total. The summed E-state index contributed by atoms with van der Waals surface area (Å²) in [7, 11) is 0. The van der Waals surface area contributed by atoms with Gasteiger partial charge in [0, 0.05) is 61.5 Å². The number of aromatic hydroxyl groups is 1. The highest BCUT2D eigenvalue weighted by atomic mass is 35.5. The van der Waals surface area contributed by atoms with E-state index in [1.165, 1.54) is 0 Å². The number of phenols is 1. The Morgan fingerprint density at radius 3 is 2.30 bits per heavy atom. The number of halogens is 3. The SMILES string of the molecule is Cl.Cl.Cl.Nc1nnc(-c2ccccc2O)cc1N1CC2CCC(C1)N2c1ccnc(OC2CC(OC3CCNCC3)C2)c1. The minimum absolute atomic E-state index is 0. The number of piperidine rings is 1. The first-order valence-electron chi connectivity index (χ1n) is 14.5. The number of rotatable bonds is 7. The second-order valence-corrected chi connectivity index (χ2v) is 11.5. The molecule has 3 aromatic rings. The van der Waals surface area contributed by atoms with Gasteiger partial charge in [-0.15, -0.1) is 47.4 Å². The number of aromatic nitrogens is 3. The maximum absolute atomic E-state index is 10.3. The number of ether oxygens (including phenoxy) is 2. The van der Waals surface area contributed by atoms with Crippen LogP contribution in [0, 0.1) is 0 Å². The summed E-state index contributed by atoms with van der Waals surface area (Å²) in [6.45, 7) is 3.78. The number of nitrogens with one attached hydrogen (secondary N) is 1. The minimum atomic E-state index is 0. The third kappa shape index (κ3) is 6.99. The van der Waals surface area contributed by atoms with Gasteiger partial charge in [-0.25, -0.2) is 4.98 Å². The molecule has 4 fully saturated rings. The third-order valence-corrected chi connectivity index (χ3v) is 8.83. The summed E-state index contributed by atoms with van der Waals surface area (Å²) in [6, 6.07) is 14.0. The van der Waals surface area contributed by atoms with Crippen molar-refractivity contribution < 1.29 is 14.6 Å². The van der Waals surface area contributed by atoms with Gasteiger partial charge < -0.3 is 35.4 Å². The van der Waals surface area contributed by atoms with Crippen molar-refractivity contribution in [1.29, 1.82) is 0 Å². The Morgan fingerprint density at radius 1 is 0.860 bits per heavy atom. The van der Waals surface area contributed by atoms with Gasteiger partial charge in [0.15, 0.2) is 5.82 Å². The Bertz CT molecular complexity index is 1350. The average Bonchev–Trinajstić information content (AvgIpc) is 3.22. The van der Waals surface area contributed by atoms with Crippen LogP contribution >= 0.6 is 37.2 Å². The van der Waals surface area contributed by atoms with Crippen molar-refractivity contribution in [3.05, 3.63) is 48.7 Å². The number of anilines is 3. The molecule has 2 aromatic heterocycles. The number of nitrogens with zero attached hydrogens (tertiary/aromatic N) is 5. The summed E-state index contributed by atoms with van der Waals surface area (Å²) in [4.78, 5) is 9.38. The Morgan fingerprint density at radius 2 is 1.58 bits per heavy atom. The number of hydrogen-bond acceptors (Lipinski definition) is 10. The number of nitrogens with two attached hydrogens (primary N) is 1. The molecule has 2 unspecified atom stereocenters. The van der Waals surface area contributed by atoms with E-state index in [0.717, 1.165) is 76.1 Å². The average molecular weight is 653 g/mol. The lowest BCUT2D eigenvalue weighted by Crippen LogP contribution is -2.54. The first kappa shape index (κ1) is 33.1. The lowest BCUT2D eigenvalue weighted by molar-refractivity contribution is -0.103. The third-order valence-electron chi connectivity index (χ3n) is 8.83. The van der Waals surface area contributed by atoms with Gasteiger partial charge in [-0.3, -0.25) is 0 Å². The van der Waals surface area contributed by atoms with E-state index in [1.807, 2.05) is 24.4 Å². The van der Waals surface area contributed by atoms with Gasteiger partial charge in [-0.1, -0.05) is 12.1 Å². The number of fused-ring (bicyclic) bond motifs is 2. The standard InChI is InChI=1S/C30H37N7O3.3ClH/c31-30-27(16-26(34-35-30)25-3-1-2-4-28(25)38)36-17-20-5-6-21(18-36)37(20)19-7-12-33-29(13-19)40-24-14-23(15-24)39-22-8-10-32-11-9-22;;;/h1-4,7,12-13,16,20-24,32,38H,5-6,8-11,14-15,17-18H2,(H2,31,35);3*1H. The van der Waals surface area contributed by atoms with Crippen LogP contribution in [0.15, 0.2) is 48.7 Å². The van der Waals surface area contributed by atoms with Crippen molar-refractivity contribution >= 4 is 54.4 Å². The van der Waals surface area contributed by atoms with Crippen LogP contribution in [-0.4, -0.2) is 76.9 Å². The highest BCUT2D eigenvalue weighted by Gasteiger charge is 2.41. The van der Waals surface area contributed by atoms with Crippen LogP contribution in [-0.2, 0) is 4.74 Å². The summed E-state index contributed by atoms with van der Waals surface area (Å²) in [5.41, 5.74) is 9.61. The van der Waals surface area contributed by atoms with E-state index < -0.39 is 0 Å². The normalized spacial score (nSPS) is 24.7. The van der Waals surface area contributed by atoms with Gasteiger partial charge in [-0.2, -0.15) is 0 Å². The Kier molecular flexibility index (Phi) is 11.1. The first-order valence-corrected chi connectivity index (χ1v) is 14.5. The van der Waals surface area contributed by atoms with Crippen LogP contribution in [0.4, 0.5) is 17.2 Å². The topological polar surface area (TPSA) is 122 Å². The largest absolute Gasteiger partial charge is 0.507 e. The molecule has 13 heteroatoms. The van der Waals surface area contributed by atoms with E-state index in [-0.39, 0.29) is 49.1 Å². The quantitative estimate of drug-likeness (QED) is 0.333. The summed E-state index contributed by atoms with van der Waals surface area (Å²) in [5, 5.41) is 22.2. The summed E-state index contributed by atoms with van der Waals surface area (Å²) >= 11 is 0. The maximum Gasteiger partial charge on any atom is 0.215 e. The van der Waals surface area contributed by atoms with E-state index in [2.05, 4.69) is 42.4 Å². The molecule has 4 N–H and O–H groups in total. The second-order valence-electron chi connectivity index (χ2n) is 11.5. The van der Waals surface area contributed by atoms with Crippen molar-refractivity contribution in [2.45, 2.75) is 68.9 Å². The summed E-state index contributed by atoms with van der Waals surface area (Å²) < 4.78 is 12.5. The van der Waals surface area contributed by atoms with Gasteiger partial charge in [0.25, 0.3) is 0 Å². The number of phenolic OH excluding ortho intramolecular Hbond substituents is 1. The molecular formula is C30H40Cl3N7O3. The zero-order valence-corrected chi connectivity index (χ0v) is 26.3. The Hall–Kier alpha value is -2.76. The molecule has 1 aliphatic carbocycles. The van der Waals surface area contributed by atoms with Crippen molar-refractivity contribution in [1.82, 2.24) is 20.5 Å². The van der Waals surface area contributed by atoms with Crippen LogP contribution in [0.2, 0.25) is 0 Å². The van der Waals surface area contributed by atoms with Gasteiger partial charge in [0.2, 0.25) is 5.88 Å². The highest BCUT2D eigenvalue weighted by Crippen LogP contribution is 2.40. The molecule has 1 saturated carbocycles. The van der Waals surface area contributed by atoms with Crippen molar-refractivity contribution in [2.24, 2.45) is 0 Å². The summed E-state index contributed by atoms with van der Waals surface area (Å²) in [5.74, 6) is 1.29. The number of nitrogen functional groups attached to an aromatic ring is 1. The highest BCUT2D eigenvalue weighted by molar-refractivity contribution is 5.86. The number of hydrogen-bond donors (Lipinski definition) is 3. The Labute approximate surface area is 271 Å². The fourth-order valence-electron chi connectivity index (χ4n) is 6.71. The molecule has 3 saturated heterocycles. The molecule has 2 atom stereocenters.